The minimum absolute atomic E-state index is 0.115. The fourth-order valence-electron chi connectivity index (χ4n) is 2.20. The topological polar surface area (TPSA) is 87.0 Å². The predicted molar refractivity (Wildman–Crippen MR) is 72.3 cm³/mol. The molecule has 0 spiro atoms. The Labute approximate surface area is 111 Å². The van der Waals surface area contributed by atoms with Crippen molar-refractivity contribution in [3.8, 4) is 5.69 Å². The van der Waals surface area contributed by atoms with Crippen molar-refractivity contribution in [1.29, 1.82) is 0 Å². The fraction of sp³-hybridized carbons (Fsp3) is 0.308. The average Bonchev–Trinajstić information content (AvgIpc) is 2.63. The van der Waals surface area contributed by atoms with E-state index in [1.54, 1.807) is 23.7 Å². The summed E-state index contributed by atoms with van der Waals surface area (Å²) < 4.78 is 1.77. The first-order valence-corrected chi connectivity index (χ1v) is 5.96. The molecule has 2 aromatic rings. The third-order valence-electron chi connectivity index (χ3n) is 3.27. The lowest BCUT2D eigenvalue weighted by Crippen LogP contribution is -2.03. The molecule has 0 aliphatic carbocycles. The average molecular weight is 260 g/mol. The summed E-state index contributed by atoms with van der Waals surface area (Å²) in [5.41, 5.74) is 10.1. The molecule has 1 aromatic heterocycles. The standard InChI is InChI=1S/C13H16N4O2/c1-8-6-11(4-5-13(8)17(18)19)16-10(3)12(7-14)9(2)15-16/h4-6H,7,14H2,1-3H3. The number of nitrogens with zero attached hydrogens (tertiary/aromatic N) is 3. The number of rotatable bonds is 3. The number of nitro benzene ring substituents is 1. The molecule has 2 N–H and O–H groups in total. The molecule has 100 valence electrons. The van der Waals surface area contributed by atoms with E-state index < -0.39 is 0 Å². The van der Waals surface area contributed by atoms with Gasteiger partial charge in [0.15, 0.2) is 0 Å². The van der Waals surface area contributed by atoms with Gasteiger partial charge in [0.2, 0.25) is 0 Å². The SMILES string of the molecule is Cc1cc(-n2nc(C)c(CN)c2C)ccc1[N+](=O)[O-]. The Morgan fingerprint density at radius 3 is 2.53 bits per heavy atom. The third kappa shape index (κ3) is 2.22. The minimum Gasteiger partial charge on any atom is -0.326 e. The van der Waals surface area contributed by atoms with E-state index in [1.807, 2.05) is 13.8 Å². The van der Waals surface area contributed by atoms with E-state index in [0.29, 0.717) is 12.1 Å². The van der Waals surface area contributed by atoms with Gasteiger partial charge in [0.1, 0.15) is 0 Å². The molecule has 2 rings (SSSR count). The second-order valence-electron chi connectivity index (χ2n) is 4.49. The van der Waals surface area contributed by atoms with Crippen molar-refractivity contribution in [1.82, 2.24) is 9.78 Å². The van der Waals surface area contributed by atoms with Crippen molar-refractivity contribution in [2.45, 2.75) is 27.3 Å². The largest absolute Gasteiger partial charge is 0.326 e. The lowest BCUT2D eigenvalue weighted by atomic mass is 10.1. The predicted octanol–water partition coefficient (Wildman–Crippen LogP) is 2.16. The molecule has 0 amide bonds. The van der Waals surface area contributed by atoms with Crippen LogP contribution in [-0.2, 0) is 6.54 Å². The highest BCUT2D eigenvalue weighted by Gasteiger charge is 2.15. The molecule has 0 atom stereocenters. The van der Waals surface area contributed by atoms with Gasteiger partial charge in [0, 0.05) is 29.4 Å². The monoisotopic (exact) mass is 260 g/mol. The minimum atomic E-state index is -0.383. The van der Waals surface area contributed by atoms with Gasteiger partial charge in [-0.05, 0) is 32.9 Å². The lowest BCUT2D eigenvalue weighted by molar-refractivity contribution is -0.385. The van der Waals surface area contributed by atoms with Crippen LogP contribution in [0.15, 0.2) is 18.2 Å². The van der Waals surface area contributed by atoms with E-state index in [9.17, 15) is 10.1 Å². The van der Waals surface area contributed by atoms with E-state index in [2.05, 4.69) is 5.10 Å². The number of hydrogen-bond donors (Lipinski definition) is 1. The zero-order valence-electron chi connectivity index (χ0n) is 11.2. The van der Waals surface area contributed by atoms with E-state index in [4.69, 9.17) is 5.73 Å². The Bertz CT molecular complexity index is 646. The Kier molecular flexibility index (Phi) is 3.35. The van der Waals surface area contributed by atoms with E-state index >= 15 is 0 Å². The maximum atomic E-state index is 10.8. The van der Waals surface area contributed by atoms with Gasteiger partial charge in [-0.3, -0.25) is 10.1 Å². The van der Waals surface area contributed by atoms with Crippen molar-refractivity contribution in [2.75, 3.05) is 0 Å². The molecule has 0 bridgehead atoms. The molecule has 0 unspecified atom stereocenters. The van der Waals surface area contributed by atoms with Gasteiger partial charge in [-0.25, -0.2) is 4.68 Å². The van der Waals surface area contributed by atoms with Crippen LogP contribution < -0.4 is 5.73 Å². The van der Waals surface area contributed by atoms with Gasteiger partial charge >= 0.3 is 0 Å². The molecule has 6 nitrogen and oxygen atoms in total. The zero-order chi connectivity index (χ0) is 14.2. The normalized spacial score (nSPS) is 10.7. The molecule has 19 heavy (non-hydrogen) atoms. The van der Waals surface area contributed by atoms with Gasteiger partial charge in [-0.2, -0.15) is 5.10 Å². The zero-order valence-corrected chi connectivity index (χ0v) is 11.2. The summed E-state index contributed by atoms with van der Waals surface area (Å²) in [7, 11) is 0. The van der Waals surface area contributed by atoms with E-state index in [-0.39, 0.29) is 10.6 Å². The number of nitro groups is 1. The summed E-state index contributed by atoms with van der Waals surface area (Å²) in [4.78, 5) is 10.4. The van der Waals surface area contributed by atoms with Crippen LogP contribution in [-0.4, -0.2) is 14.7 Å². The summed E-state index contributed by atoms with van der Waals surface area (Å²) in [5, 5.41) is 15.2. The summed E-state index contributed by atoms with van der Waals surface area (Å²) in [6, 6.07) is 4.96. The molecule has 0 saturated carbocycles. The maximum Gasteiger partial charge on any atom is 0.272 e. The molecule has 0 aliphatic heterocycles. The highest BCUT2D eigenvalue weighted by atomic mass is 16.6. The van der Waals surface area contributed by atoms with Crippen LogP contribution in [0, 0.1) is 30.9 Å². The smallest absolute Gasteiger partial charge is 0.272 e. The Morgan fingerprint density at radius 2 is 2.05 bits per heavy atom. The van der Waals surface area contributed by atoms with Crippen LogP contribution in [0.3, 0.4) is 0 Å². The van der Waals surface area contributed by atoms with Crippen molar-refractivity contribution in [3.05, 3.63) is 50.8 Å². The molecule has 0 saturated heterocycles. The first-order valence-electron chi connectivity index (χ1n) is 5.96. The highest BCUT2D eigenvalue weighted by Crippen LogP contribution is 2.23. The second kappa shape index (κ2) is 4.81. The first-order chi connectivity index (χ1) is 8.95. The van der Waals surface area contributed by atoms with Crippen LogP contribution >= 0.6 is 0 Å². The Morgan fingerprint density at radius 1 is 1.37 bits per heavy atom. The van der Waals surface area contributed by atoms with E-state index in [1.165, 1.54) is 6.07 Å². The van der Waals surface area contributed by atoms with Gasteiger partial charge < -0.3 is 5.73 Å². The van der Waals surface area contributed by atoms with E-state index in [0.717, 1.165) is 22.6 Å². The third-order valence-corrected chi connectivity index (χ3v) is 3.27. The number of nitrogens with two attached hydrogens (primary N) is 1. The van der Waals surface area contributed by atoms with Crippen LogP contribution in [0.5, 0.6) is 0 Å². The van der Waals surface area contributed by atoms with Crippen molar-refractivity contribution in [2.24, 2.45) is 5.73 Å². The second-order valence-corrected chi connectivity index (χ2v) is 4.49. The van der Waals surface area contributed by atoms with Gasteiger partial charge in [0.05, 0.1) is 16.3 Å². The summed E-state index contributed by atoms with van der Waals surface area (Å²) in [6.07, 6.45) is 0. The van der Waals surface area contributed by atoms with Crippen molar-refractivity contribution >= 4 is 5.69 Å². The van der Waals surface area contributed by atoms with Crippen LogP contribution in [0.4, 0.5) is 5.69 Å². The number of aromatic nitrogens is 2. The molecule has 0 fully saturated rings. The summed E-state index contributed by atoms with van der Waals surface area (Å²) in [6.45, 7) is 6.00. The molecule has 1 aromatic carbocycles. The Balaban J connectivity index is 2.54. The van der Waals surface area contributed by atoms with Crippen LogP contribution in [0.1, 0.15) is 22.5 Å². The number of benzene rings is 1. The van der Waals surface area contributed by atoms with Crippen molar-refractivity contribution in [3.63, 3.8) is 0 Å². The number of hydrogen-bond acceptors (Lipinski definition) is 4. The van der Waals surface area contributed by atoms with Gasteiger partial charge in [0.25, 0.3) is 5.69 Å². The van der Waals surface area contributed by atoms with Crippen LogP contribution in [0.25, 0.3) is 5.69 Å². The quantitative estimate of drug-likeness (QED) is 0.676. The molecular weight excluding hydrogens is 244 g/mol. The molecular formula is C13H16N4O2. The lowest BCUT2D eigenvalue weighted by Gasteiger charge is -2.06. The van der Waals surface area contributed by atoms with Gasteiger partial charge in [-0.15, -0.1) is 0 Å². The molecule has 0 radical (unpaired) electrons. The number of aryl methyl sites for hydroxylation is 2. The first kappa shape index (κ1) is 13.2. The molecule has 0 aliphatic rings. The molecule has 6 heteroatoms. The van der Waals surface area contributed by atoms with Crippen molar-refractivity contribution < 1.29 is 4.92 Å². The maximum absolute atomic E-state index is 10.8. The molecule has 1 heterocycles. The highest BCUT2D eigenvalue weighted by molar-refractivity contribution is 5.48. The Hall–Kier alpha value is -2.21. The summed E-state index contributed by atoms with van der Waals surface area (Å²) >= 11 is 0. The van der Waals surface area contributed by atoms with Gasteiger partial charge in [-0.1, -0.05) is 0 Å². The fourth-order valence-corrected chi connectivity index (χ4v) is 2.20. The van der Waals surface area contributed by atoms with Crippen LogP contribution in [0.2, 0.25) is 0 Å². The summed E-state index contributed by atoms with van der Waals surface area (Å²) in [5.74, 6) is 0.